The van der Waals surface area contributed by atoms with Crippen LogP contribution in [-0.2, 0) is 15.1 Å². The first-order valence-corrected chi connectivity index (χ1v) is 5.09. The lowest BCUT2D eigenvalue weighted by Crippen LogP contribution is -2.14. The highest BCUT2D eigenvalue weighted by molar-refractivity contribution is 5.66. The van der Waals surface area contributed by atoms with E-state index in [4.69, 9.17) is 4.74 Å². The van der Waals surface area contributed by atoms with Gasteiger partial charge in [0.05, 0.1) is 11.6 Å². The lowest BCUT2D eigenvalue weighted by molar-refractivity contribution is -0.140. The summed E-state index contributed by atoms with van der Waals surface area (Å²) in [6, 6.07) is 10.4. The normalized spacial score (nSPS) is 28.5. The molecule has 80 valence electrons. The lowest BCUT2D eigenvalue weighted by atomic mass is 9.97. The Kier molecular flexibility index (Phi) is 2.49. The van der Waals surface area contributed by atoms with E-state index in [2.05, 4.69) is 24.4 Å². The number of esters is 1. The van der Waals surface area contributed by atoms with Crippen LogP contribution in [0.1, 0.15) is 19.4 Å². The van der Waals surface area contributed by atoms with Crippen LogP contribution in [0.15, 0.2) is 30.3 Å². The molecule has 0 spiro atoms. The number of hydrogen-bond donors (Lipinski definition) is 1. The molecule has 1 heterocycles. The summed E-state index contributed by atoms with van der Waals surface area (Å²) in [4.78, 5) is 10.7. The maximum atomic E-state index is 10.7. The zero-order valence-electron chi connectivity index (χ0n) is 8.99. The second-order valence-electron chi connectivity index (χ2n) is 4.07. The van der Waals surface area contributed by atoms with E-state index in [9.17, 15) is 4.79 Å². The van der Waals surface area contributed by atoms with E-state index < -0.39 is 0 Å². The monoisotopic (exact) mass is 205 g/mol. The molecule has 1 saturated heterocycles. The van der Waals surface area contributed by atoms with Crippen LogP contribution in [0.2, 0.25) is 0 Å². The van der Waals surface area contributed by atoms with Gasteiger partial charge in [0.2, 0.25) is 0 Å². The summed E-state index contributed by atoms with van der Waals surface area (Å²) < 4.78 is 4.98. The molecule has 0 aliphatic carbocycles. The SMILES string of the molecule is CC(=O)OC[C@H]1N[C@]1(C)c1ccccc1. The molecule has 1 aliphatic heterocycles. The summed E-state index contributed by atoms with van der Waals surface area (Å²) in [5.74, 6) is -0.223. The van der Waals surface area contributed by atoms with Crippen molar-refractivity contribution in [2.45, 2.75) is 25.4 Å². The minimum absolute atomic E-state index is 0.0310. The standard InChI is InChI=1S/C12H15NO2/c1-9(14)15-8-11-12(2,13-11)10-6-4-3-5-7-10/h3-7,11,13H,8H2,1-2H3/t11-,12-/m1/s1. The largest absolute Gasteiger partial charge is 0.464 e. The Balaban J connectivity index is 1.98. The van der Waals surface area contributed by atoms with Crippen molar-refractivity contribution in [3.05, 3.63) is 35.9 Å². The Morgan fingerprint density at radius 3 is 2.73 bits per heavy atom. The number of carbonyl (C=O) groups is 1. The summed E-state index contributed by atoms with van der Waals surface area (Å²) in [6.45, 7) is 4.00. The van der Waals surface area contributed by atoms with Crippen molar-refractivity contribution < 1.29 is 9.53 Å². The Morgan fingerprint density at radius 1 is 1.47 bits per heavy atom. The predicted octanol–water partition coefficient (Wildman–Crippen LogP) is 1.44. The fraction of sp³-hybridized carbons (Fsp3) is 0.417. The van der Waals surface area contributed by atoms with E-state index in [1.165, 1.54) is 12.5 Å². The molecule has 3 heteroatoms. The van der Waals surface area contributed by atoms with Gasteiger partial charge < -0.3 is 4.74 Å². The molecule has 0 amide bonds. The van der Waals surface area contributed by atoms with E-state index in [0.29, 0.717) is 6.61 Å². The van der Waals surface area contributed by atoms with Crippen LogP contribution in [0.4, 0.5) is 0 Å². The molecule has 1 aliphatic rings. The summed E-state index contributed by atoms with van der Waals surface area (Å²) in [5.41, 5.74) is 1.21. The van der Waals surface area contributed by atoms with Gasteiger partial charge in [0, 0.05) is 6.92 Å². The first kappa shape index (κ1) is 10.2. The second-order valence-corrected chi connectivity index (χ2v) is 4.07. The minimum atomic E-state index is -0.223. The predicted molar refractivity (Wildman–Crippen MR) is 57.4 cm³/mol. The van der Waals surface area contributed by atoms with Gasteiger partial charge in [0.1, 0.15) is 6.61 Å². The summed E-state index contributed by atoms with van der Waals surface area (Å²) in [6.07, 6.45) is 0. The van der Waals surface area contributed by atoms with Gasteiger partial charge in [-0.2, -0.15) is 0 Å². The van der Waals surface area contributed by atoms with Crippen molar-refractivity contribution in [1.29, 1.82) is 0 Å². The van der Waals surface area contributed by atoms with Crippen molar-refractivity contribution >= 4 is 5.97 Å². The van der Waals surface area contributed by atoms with Crippen LogP contribution in [0, 0.1) is 0 Å². The van der Waals surface area contributed by atoms with Crippen LogP contribution in [0.5, 0.6) is 0 Å². The van der Waals surface area contributed by atoms with Crippen molar-refractivity contribution in [1.82, 2.24) is 5.32 Å². The van der Waals surface area contributed by atoms with Crippen LogP contribution in [-0.4, -0.2) is 18.6 Å². The van der Waals surface area contributed by atoms with Crippen molar-refractivity contribution in [2.75, 3.05) is 6.61 Å². The highest BCUT2D eigenvalue weighted by Gasteiger charge is 2.51. The molecule has 0 unspecified atom stereocenters. The fourth-order valence-electron chi connectivity index (χ4n) is 1.80. The van der Waals surface area contributed by atoms with E-state index in [-0.39, 0.29) is 17.6 Å². The van der Waals surface area contributed by atoms with Crippen LogP contribution < -0.4 is 5.32 Å². The van der Waals surface area contributed by atoms with Gasteiger partial charge >= 0.3 is 5.97 Å². The van der Waals surface area contributed by atoms with Crippen LogP contribution in [0.3, 0.4) is 0 Å². The Hall–Kier alpha value is -1.35. The highest BCUT2D eigenvalue weighted by Crippen LogP contribution is 2.37. The third kappa shape index (κ3) is 2.02. The molecule has 15 heavy (non-hydrogen) atoms. The number of rotatable bonds is 3. The highest BCUT2D eigenvalue weighted by atomic mass is 16.5. The molecule has 2 rings (SSSR count). The average Bonchev–Trinajstić information content (AvgIpc) is 2.90. The summed E-state index contributed by atoms with van der Waals surface area (Å²) in [5, 5.41) is 3.34. The minimum Gasteiger partial charge on any atom is -0.464 e. The number of ether oxygens (including phenoxy) is 1. The van der Waals surface area contributed by atoms with E-state index in [1.54, 1.807) is 0 Å². The lowest BCUT2D eigenvalue weighted by Gasteiger charge is -2.08. The first-order valence-electron chi connectivity index (χ1n) is 5.09. The Bertz CT molecular complexity index is 363. The molecular formula is C12H15NO2. The Labute approximate surface area is 89.4 Å². The van der Waals surface area contributed by atoms with Gasteiger partial charge in [-0.05, 0) is 12.5 Å². The van der Waals surface area contributed by atoms with Crippen LogP contribution in [0.25, 0.3) is 0 Å². The molecule has 1 aromatic carbocycles. The van der Waals surface area contributed by atoms with Gasteiger partial charge in [-0.25, -0.2) is 0 Å². The molecule has 1 aromatic rings. The third-order valence-electron chi connectivity index (χ3n) is 2.91. The van der Waals surface area contributed by atoms with Gasteiger partial charge in [0.15, 0.2) is 0 Å². The van der Waals surface area contributed by atoms with Gasteiger partial charge in [-0.1, -0.05) is 30.3 Å². The number of carbonyl (C=O) groups excluding carboxylic acids is 1. The molecule has 2 atom stereocenters. The van der Waals surface area contributed by atoms with Crippen molar-refractivity contribution in [3.63, 3.8) is 0 Å². The van der Waals surface area contributed by atoms with Crippen LogP contribution >= 0.6 is 0 Å². The quantitative estimate of drug-likeness (QED) is 0.600. The average molecular weight is 205 g/mol. The van der Waals surface area contributed by atoms with Gasteiger partial charge in [-0.15, -0.1) is 0 Å². The third-order valence-corrected chi connectivity index (χ3v) is 2.91. The zero-order chi connectivity index (χ0) is 10.9. The maximum absolute atomic E-state index is 10.7. The number of hydrogen-bond acceptors (Lipinski definition) is 3. The maximum Gasteiger partial charge on any atom is 0.302 e. The smallest absolute Gasteiger partial charge is 0.302 e. The zero-order valence-corrected chi connectivity index (χ0v) is 8.99. The Morgan fingerprint density at radius 2 is 2.13 bits per heavy atom. The van der Waals surface area contributed by atoms with E-state index in [1.807, 2.05) is 18.2 Å². The number of benzene rings is 1. The van der Waals surface area contributed by atoms with E-state index in [0.717, 1.165) is 0 Å². The van der Waals surface area contributed by atoms with Gasteiger partial charge in [0.25, 0.3) is 0 Å². The molecule has 1 N–H and O–H groups in total. The molecule has 1 fully saturated rings. The van der Waals surface area contributed by atoms with Gasteiger partial charge in [-0.3, -0.25) is 10.1 Å². The molecule has 3 nitrogen and oxygen atoms in total. The fourth-order valence-corrected chi connectivity index (χ4v) is 1.80. The van der Waals surface area contributed by atoms with E-state index >= 15 is 0 Å². The van der Waals surface area contributed by atoms with Crippen molar-refractivity contribution in [2.24, 2.45) is 0 Å². The molecule has 0 radical (unpaired) electrons. The van der Waals surface area contributed by atoms with Crippen molar-refractivity contribution in [3.8, 4) is 0 Å². The summed E-state index contributed by atoms with van der Waals surface area (Å²) in [7, 11) is 0. The summed E-state index contributed by atoms with van der Waals surface area (Å²) >= 11 is 0. The molecule has 0 bridgehead atoms. The second kappa shape index (κ2) is 3.66. The molecular weight excluding hydrogens is 190 g/mol. The topological polar surface area (TPSA) is 48.2 Å². The number of nitrogens with one attached hydrogen (secondary N) is 1. The first-order chi connectivity index (χ1) is 7.13. The molecule has 0 aromatic heterocycles. The molecule has 0 saturated carbocycles.